The molecule has 0 aromatic carbocycles. The average Bonchev–Trinajstić information content (AvgIpc) is 3.12. The molecule has 86 valence electrons. The highest BCUT2D eigenvalue weighted by Gasteiger charge is 2.43. The van der Waals surface area contributed by atoms with Crippen LogP contribution in [0.3, 0.4) is 0 Å². The lowest BCUT2D eigenvalue weighted by molar-refractivity contribution is -0.146. The van der Waals surface area contributed by atoms with Crippen LogP contribution in [0.25, 0.3) is 0 Å². The van der Waals surface area contributed by atoms with E-state index in [-0.39, 0.29) is 11.3 Å². The molecule has 0 aromatic rings. The Labute approximate surface area is 90.8 Å². The minimum Gasteiger partial charge on any atom is -0.381 e. The van der Waals surface area contributed by atoms with Crippen LogP contribution in [0, 0.1) is 5.41 Å². The van der Waals surface area contributed by atoms with Crippen molar-refractivity contribution in [3.63, 3.8) is 0 Å². The lowest BCUT2D eigenvalue weighted by Gasteiger charge is -2.37. The van der Waals surface area contributed by atoms with Gasteiger partial charge in [0.1, 0.15) is 0 Å². The van der Waals surface area contributed by atoms with Gasteiger partial charge in [0.15, 0.2) is 0 Å². The number of nitrogens with zero attached hydrogens (tertiary/aromatic N) is 1. The molecule has 4 heteroatoms. The Hall–Kier alpha value is -0.610. The van der Waals surface area contributed by atoms with Gasteiger partial charge in [0.05, 0.1) is 5.41 Å². The van der Waals surface area contributed by atoms with Crippen molar-refractivity contribution >= 4 is 5.91 Å². The number of amides is 1. The van der Waals surface area contributed by atoms with Crippen LogP contribution in [0.1, 0.15) is 25.7 Å². The first-order valence-electron chi connectivity index (χ1n) is 5.75. The molecule has 1 saturated carbocycles. The van der Waals surface area contributed by atoms with Crippen LogP contribution < -0.4 is 5.73 Å². The van der Waals surface area contributed by atoms with Gasteiger partial charge in [-0.1, -0.05) is 0 Å². The van der Waals surface area contributed by atoms with Gasteiger partial charge in [-0.25, -0.2) is 0 Å². The first-order chi connectivity index (χ1) is 7.19. The smallest absolute Gasteiger partial charge is 0.230 e. The molecule has 0 unspecified atom stereocenters. The van der Waals surface area contributed by atoms with Crippen LogP contribution >= 0.6 is 0 Å². The van der Waals surface area contributed by atoms with Gasteiger partial charge in [-0.3, -0.25) is 4.79 Å². The molecule has 2 N–H and O–H groups in total. The van der Waals surface area contributed by atoms with E-state index in [1.807, 2.05) is 11.9 Å². The molecule has 1 saturated heterocycles. The summed E-state index contributed by atoms with van der Waals surface area (Å²) < 4.78 is 5.31. The van der Waals surface area contributed by atoms with Crippen LogP contribution in [-0.2, 0) is 9.53 Å². The number of nitrogens with two attached hydrogens (primary N) is 1. The highest BCUT2D eigenvalue weighted by molar-refractivity contribution is 5.83. The van der Waals surface area contributed by atoms with Crippen molar-refractivity contribution in [1.29, 1.82) is 0 Å². The maximum atomic E-state index is 12.3. The molecule has 1 heterocycles. The van der Waals surface area contributed by atoms with Gasteiger partial charge in [-0.05, 0) is 25.7 Å². The lowest BCUT2D eigenvalue weighted by atomic mass is 9.79. The number of ether oxygens (including phenoxy) is 1. The van der Waals surface area contributed by atoms with E-state index in [1.54, 1.807) is 0 Å². The Kier molecular flexibility index (Phi) is 2.98. The van der Waals surface area contributed by atoms with Crippen molar-refractivity contribution < 1.29 is 9.53 Å². The van der Waals surface area contributed by atoms with Gasteiger partial charge in [0, 0.05) is 32.8 Å². The lowest BCUT2D eigenvalue weighted by Crippen LogP contribution is -2.50. The van der Waals surface area contributed by atoms with Crippen LogP contribution in [-0.4, -0.2) is 43.7 Å². The number of carbonyl (C=O) groups is 1. The van der Waals surface area contributed by atoms with E-state index in [9.17, 15) is 4.79 Å². The van der Waals surface area contributed by atoms with Crippen LogP contribution in [0.2, 0.25) is 0 Å². The normalized spacial score (nSPS) is 24.9. The van der Waals surface area contributed by atoms with Crippen molar-refractivity contribution in [2.24, 2.45) is 11.1 Å². The number of hydrogen-bond acceptors (Lipinski definition) is 3. The second-order valence-electron chi connectivity index (χ2n) is 4.74. The fourth-order valence-electron chi connectivity index (χ4n) is 2.27. The van der Waals surface area contributed by atoms with E-state index in [2.05, 4.69) is 0 Å². The summed E-state index contributed by atoms with van der Waals surface area (Å²) in [5.74, 6) is 0.232. The molecule has 0 radical (unpaired) electrons. The summed E-state index contributed by atoms with van der Waals surface area (Å²) in [6, 6.07) is 0.476. The largest absolute Gasteiger partial charge is 0.381 e. The van der Waals surface area contributed by atoms with E-state index < -0.39 is 0 Å². The van der Waals surface area contributed by atoms with E-state index in [0.29, 0.717) is 25.8 Å². The SMILES string of the molecule is CN(C(=O)C1(CN)CCOCC1)C1CC1. The Morgan fingerprint density at radius 1 is 1.47 bits per heavy atom. The van der Waals surface area contributed by atoms with Crippen LogP contribution in [0.15, 0.2) is 0 Å². The zero-order chi connectivity index (χ0) is 10.9. The van der Waals surface area contributed by atoms with Crippen molar-refractivity contribution in [2.45, 2.75) is 31.7 Å². The third-order valence-corrected chi connectivity index (χ3v) is 3.71. The highest BCUT2D eigenvalue weighted by atomic mass is 16.5. The van der Waals surface area contributed by atoms with Crippen molar-refractivity contribution in [3.8, 4) is 0 Å². The molecule has 0 spiro atoms. The summed E-state index contributed by atoms with van der Waals surface area (Å²) in [6.07, 6.45) is 3.86. The first kappa shape index (κ1) is 10.9. The molecule has 1 amide bonds. The summed E-state index contributed by atoms with van der Waals surface area (Å²) in [5.41, 5.74) is 5.46. The maximum absolute atomic E-state index is 12.3. The summed E-state index contributed by atoms with van der Waals surface area (Å²) in [7, 11) is 1.91. The van der Waals surface area contributed by atoms with Gasteiger partial charge >= 0.3 is 0 Å². The molecule has 2 rings (SSSR count). The zero-order valence-electron chi connectivity index (χ0n) is 9.37. The molecule has 2 fully saturated rings. The maximum Gasteiger partial charge on any atom is 0.230 e. The Bertz CT molecular complexity index is 245. The van der Waals surface area contributed by atoms with Gasteiger partial charge in [-0.15, -0.1) is 0 Å². The van der Waals surface area contributed by atoms with E-state index in [0.717, 1.165) is 25.7 Å². The molecule has 0 aromatic heterocycles. The second kappa shape index (κ2) is 4.10. The van der Waals surface area contributed by atoms with Crippen LogP contribution in [0.5, 0.6) is 0 Å². The molecule has 15 heavy (non-hydrogen) atoms. The summed E-state index contributed by atoms with van der Waals surface area (Å²) >= 11 is 0. The van der Waals surface area contributed by atoms with E-state index in [4.69, 9.17) is 10.5 Å². The molecule has 4 nitrogen and oxygen atoms in total. The van der Waals surface area contributed by atoms with Crippen molar-refractivity contribution in [3.05, 3.63) is 0 Å². The highest BCUT2D eigenvalue weighted by Crippen LogP contribution is 2.35. The number of carbonyl (C=O) groups excluding carboxylic acids is 1. The van der Waals surface area contributed by atoms with Gasteiger partial charge in [0.25, 0.3) is 0 Å². The summed E-state index contributed by atoms with van der Waals surface area (Å²) in [5, 5.41) is 0. The van der Waals surface area contributed by atoms with Gasteiger partial charge in [-0.2, -0.15) is 0 Å². The quantitative estimate of drug-likeness (QED) is 0.735. The zero-order valence-corrected chi connectivity index (χ0v) is 9.37. The van der Waals surface area contributed by atoms with Gasteiger partial charge < -0.3 is 15.4 Å². The molecule has 1 aliphatic heterocycles. The minimum atomic E-state index is -0.338. The molecular weight excluding hydrogens is 192 g/mol. The predicted molar refractivity (Wildman–Crippen MR) is 57.3 cm³/mol. The van der Waals surface area contributed by atoms with Crippen LogP contribution in [0.4, 0.5) is 0 Å². The number of hydrogen-bond donors (Lipinski definition) is 1. The Morgan fingerprint density at radius 2 is 2.07 bits per heavy atom. The minimum absolute atomic E-state index is 0.232. The third-order valence-electron chi connectivity index (χ3n) is 3.71. The number of rotatable bonds is 3. The third kappa shape index (κ3) is 2.01. The van der Waals surface area contributed by atoms with Gasteiger partial charge in [0.2, 0.25) is 5.91 Å². The summed E-state index contributed by atoms with van der Waals surface area (Å²) in [4.78, 5) is 14.2. The standard InChI is InChI=1S/C11H20N2O2/c1-13(9-2-3-9)10(14)11(8-12)4-6-15-7-5-11/h9H,2-8,12H2,1H3. The first-order valence-corrected chi connectivity index (χ1v) is 5.75. The molecule has 0 atom stereocenters. The monoisotopic (exact) mass is 212 g/mol. The predicted octanol–water partition coefficient (Wildman–Crippen LogP) is 0.363. The Balaban J connectivity index is 2.06. The second-order valence-corrected chi connectivity index (χ2v) is 4.74. The fourth-order valence-corrected chi connectivity index (χ4v) is 2.27. The average molecular weight is 212 g/mol. The molecule has 1 aliphatic carbocycles. The van der Waals surface area contributed by atoms with Crippen molar-refractivity contribution in [2.75, 3.05) is 26.8 Å². The topological polar surface area (TPSA) is 55.6 Å². The molecule has 2 aliphatic rings. The fraction of sp³-hybridized carbons (Fsp3) is 0.909. The molecule has 0 bridgehead atoms. The van der Waals surface area contributed by atoms with Crippen molar-refractivity contribution in [1.82, 2.24) is 4.90 Å². The molecular formula is C11H20N2O2. The van der Waals surface area contributed by atoms with E-state index in [1.165, 1.54) is 0 Å². The Morgan fingerprint density at radius 3 is 2.53 bits per heavy atom. The summed E-state index contributed by atoms with van der Waals surface area (Å²) in [6.45, 7) is 1.79. The van der Waals surface area contributed by atoms with E-state index >= 15 is 0 Å².